The minimum Gasteiger partial charge on any atom is -0.392 e. The van der Waals surface area contributed by atoms with Crippen molar-refractivity contribution in [2.75, 3.05) is 13.1 Å². The first kappa shape index (κ1) is 16.7. The number of rotatable bonds is 3. The van der Waals surface area contributed by atoms with Crippen molar-refractivity contribution in [3.05, 3.63) is 28.5 Å². The highest BCUT2D eigenvalue weighted by molar-refractivity contribution is 7.89. The van der Waals surface area contributed by atoms with Crippen LogP contribution in [0, 0.1) is 11.7 Å². The summed E-state index contributed by atoms with van der Waals surface area (Å²) in [5, 5.41) is 8.93. The summed E-state index contributed by atoms with van der Waals surface area (Å²) in [7, 11) is -3.76. The molecule has 1 aromatic rings. The highest BCUT2D eigenvalue weighted by Crippen LogP contribution is 2.28. The Morgan fingerprint density at radius 2 is 2.10 bits per heavy atom. The molecule has 1 fully saturated rings. The molecule has 7 heteroatoms. The standard InChI is InChI=1S/C14H19ClFNO3S/c1-10-3-2-5-17(6-4-10)21(19,20)12-7-11(9-18)14(15)13(16)8-12/h7-8,10,18H,2-6,9H2,1H3. The Bertz CT molecular complexity index is 621. The zero-order valence-electron chi connectivity index (χ0n) is 11.8. The topological polar surface area (TPSA) is 57.6 Å². The fourth-order valence-electron chi connectivity index (χ4n) is 2.51. The molecule has 0 bridgehead atoms. The van der Waals surface area contributed by atoms with E-state index in [4.69, 9.17) is 16.7 Å². The quantitative estimate of drug-likeness (QED) is 0.924. The van der Waals surface area contributed by atoms with Crippen LogP contribution in [0.2, 0.25) is 5.02 Å². The highest BCUT2D eigenvalue weighted by atomic mass is 35.5. The van der Waals surface area contributed by atoms with Crippen molar-refractivity contribution in [1.29, 1.82) is 0 Å². The molecule has 1 heterocycles. The van der Waals surface area contributed by atoms with E-state index in [0.29, 0.717) is 19.0 Å². The molecule has 1 N–H and O–H groups in total. The molecule has 1 aromatic carbocycles. The molecule has 0 aliphatic carbocycles. The third-order valence-electron chi connectivity index (χ3n) is 3.86. The van der Waals surface area contributed by atoms with Gasteiger partial charge in [-0.05, 0) is 37.3 Å². The number of halogens is 2. The van der Waals surface area contributed by atoms with E-state index in [2.05, 4.69) is 6.92 Å². The van der Waals surface area contributed by atoms with E-state index in [9.17, 15) is 12.8 Å². The number of hydrogen-bond donors (Lipinski definition) is 1. The largest absolute Gasteiger partial charge is 0.392 e. The molecule has 4 nitrogen and oxygen atoms in total. The Balaban J connectivity index is 2.37. The van der Waals surface area contributed by atoms with Crippen LogP contribution in [0.5, 0.6) is 0 Å². The molecule has 1 saturated heterocycles. The second-order valence-electron chi connectivity index (χ2n) is 5.48. The monoisotopic (exact) mass is 335 g/mol. The maximum absolute atomic E-state index is 13.7. The van der Waals surface area contributed by atoms with Crippen LogP contribution >= 0.6 is 11.6 Å². The second kappa shape index (κ2) is 6.60. The first-order chi connectivity index (χ1) is 9.86. The van der Waals surface area contributed by atoms with Crippen LogP contribution in [-0.4, -0.2) is 30.9 Å². The van der Waals surface area contributed by atoms with E-state index in [1.807, 2.05) is 0 Å². The Hall–Kier alpha value is -0.690. The summed E-state index contributed by atoms with van der Waals surface area (Å²) in [5.74, 6) is -0.342. The smallest absolute Gasteiger partial charge is 0.243 e. The van der Waals surface area contributed by atoms with Gasteiger partial charge in [0.15, 0.2) is 0 Å². The van der Waals surface area contributed by atoms with Gasteiger partial charge in [0.05, 0.1) is 16.5 Å². The predicted octanol–water partition coefficient (Wildman–Crippen LogP) is 2.78. The molecule has 1 atom stereocenters. The molecule has 118 valence electrons. The van der Waals surface area contributed by atoms with Gasteiger partial charge in [0.25, 0.3) is 0 Å². The van der Waals surface area contributed by atoms with E-state index >= 15 is 0 Å². The lowest BCUT2D eigenvalue weighted by atomic mass is 10.0. The first-order valence-corrected chi connectivity index (χ1v) is 8.77. The maximum Gasteiger partial charge on any atom is 0.243 e. The first-order valence-electron chi connectivity index (χ1n) is 6.95. The minimum absolute atomic E-state index is 0.0819. The maximum atomic E-state index is 13.7. The summed E-state index contributed by atoms with van der Waals surface area (Å²) < 4.78 is 40.4. The average Bonchev–Trinajstić information content (AvgIpc) is 2.66. The molecule has 0 radical (unpaired) electrons. The Labute approximate surface area is 129 Å². The van der Waals surface area contributed by atoms with Gasteiger partial charge in [-0.1, -0.05) is 18.5 Å². The van der Waals surface area contributed by atoms with Crippen LogP contribution in [0.1, 0.15) is 31.7 Å². The van der Waals surface area contributed by atoms with Crippen molar-refractivity contribution in [1.82, 2.24) is 4.31 Å². The van der Waals surface area contributed by atoms with Gasteiger partial charge >= 0.3 is 0 Å². The number of nitrogens with zero attached hydrogens (tertiary/aromatic N) is 1. The number of hydrogen-bond acceptors (Lipinski definition) is 3. The molecule has 21 heavy (non-hydrogen) atoms. The van der Waals surface area contributed by atoms with Crippen LogP contribution in [-0.2, 0) is 16.6 Å². The molecule has 2 rings (SSSR count). The van der Waals surface area contributed by atoms with Gasteiger partial charge < -0.3 is 5.11 Å². The summed E-state index contributed by atoms with van der Waals surface area (Å²) in [5.41, 5.74) is 0.0819. The van der Waals surface area contributed by atoms with Crippen LogP contribution in [0.3, 0.4) is 0 Å². The SMILES string of the molecule is CC1CCCN(S(=O)(=O)c2cc(F)c(Cl)c(CO)c2)CC1. The molecule has 1 unspecified atom stereocenters. The van der Waals surface area contributed by atoms with Crippen molar-refractivity contribution >= 4 is 21.6 Å². The summed E-state index contributed by atoms with van der Waals surface area (Å²) in [4.78, 5) is -0.150. The highest BCUT2D eigenvalue weighted by Gasteiger charge is 2.28. The van der Waals surface area contributed by atoms with Gasteiger partial charge in [0.2, 0.25) is 10.0 Å². The molecular formula is C14H19ClFNO3S. The van der Waals surface area contributed by atoms with Gasteiger partial charge in [-0.25, -0.2) is 12.8 Å². The number of aliphatic hydroxyl groups excluding tert-OH is 1. The number of benzene rings is 1. The lowest BCUT2D eigenvalue weighted by Crippen LogP contribution is -2.32. The van der Waals surface area contributed by atoms with E-state index in [0.717, 1.165) is 25.3 Å². The zero-order chi connectivity index (χ0) is 15.6. The fourth-order valence-corrected chi connectivity index (χ4v) is 4.23. The van der Waals surface area contributed by atoms with Crippen LogP contribution in [0.15, 0.2) is 17.0 Å². The molecule has 1 aliphatic heterocycles. The molecule has 1 aliphatic rings. The van der Waals surface area contributed by atoms with Crippen molar-refractivity contribution in [2.45, 2.75) is 37.7 Å². The predicted molar refractivity (Wildman–Crippen MR) is 79.1 cm³/mol. The van der Waals surface area contributed by atoms with E-state index in [-0.39, 0.29) is 15.5 Å². The van der Waals surface area contributed by atoms with Crippen molar-refractivity contribution < 1.29 is 17.9 Å². The number of sulfonamides is 1. The zero-order valence-corrected chi connectivity index (χ0v) is 13.4. The fraction of sp³-hybridized carbons (Fsp3) is 0.571. The second-order valence-corrected chi connectivity index (χ2v) is 7.79. The minimum atomic E-state index is -3.76. The number of aliphatic hydroxyl groups is 1. The van der Waals surface area contributed by atoms with E-state index < -0.39 is 22.4 Å². The molecule has 0 spiro atoms. The van der Waals surface area contributed by atoms with Crippen LogP contribution in [0.4, 0.5) is 4.39 Å². The van der Waals surface area contributed by atoms with Gasteiger partial charge in [0.1, 0.15) is 5.82 Å². The van der Waals surface area contributed by atoms with E-state index in [1.165, 1.54) is 10.4 Å². The lowest BCUT2D eigenvalue weighted by Gasteiger charge is -2.20. The van der Waals surface area contributed by atoms with E-state index in [1.54, 1.807) is 0 Å². The summed E-state index contributed by atoms with van der Waals surface area (Å²) >= 11 is 5.70. The Kier molecular flexibility index (Phi) is 5.24. The Morgan fingerprint density at radius 3 is 2.76 bits per heavy atom. The average molecular weight is 336 g/mol. The third kappa shape index (κ3) is 3.56. The van der Waals surface area contributed by atoms with Crippen LogP contribution in [0.25, 0.3) is 0 Å². The summed E-state index contributed by atoms with van der Waals surface area (Å²) in [6.07, 6.45) is 2.58. The summed E-state index contributed by atoms with van der Waals surface area (Å²) in [6.45, 7) is 2.46. The molecule has 0 amide bonds. The van der Waals surface area contributed by atoms with Gasteiger partial charge in [0, 0.05) is 18.7 Å². The lowest BCUT2D eigenvalue weighted by molar-refractivity contribution is 0.281. The third-order valence-corrected chi connectivity index (χ3v) is 6.16. The Morgan fingerprint density at radius 1 is 1.38 bits per heavy atom. The van der Waals surface area contributed by atoms with Crippen molar-refractivity contribution in [3.63, 3.8) is 0 Å². The normalized spacial score (nSPS) is 21.2. The van der Waals surface area contributed by atoms with Gasteiger partial charge in [-0.15, -0.1) is 0 Å². The van der Waals surface area contributed by atoms with Crippen LogP contribution < -0.4 is 0 Å². The van der Waals surface area contributed by atoms with Crippen molar-refractivity contribution in [3.8, 4) is 0 Å². The molecule has 0 saturated carbocycles. The van der Waals surface area contributed by atoms with Crippen molar-refractivity contribution in [2.24, 2.45) is 5.92 Å². The van der Waals surface area contributed by atoms with Gasteiger partial charge in [-0.3, -0.25) is 0 Å². The molecule has 0 aromatic heterocycles. The molecular weight excluding hydrogens is 317 g/mol. The summed E-state index contributed by atoms with van der Waals surface area (Å²) in [6, 6.07) is 2.17. The van der Waals surface area contributed by atoms with Gasteiger partial charge in [-0.2, -0.15) is 4.31 Å².